The van der Waals surface area contributed by atoms with E-state index >= 15 is 0 Å². The number of hydrogen-bond donors (Lipinski definition) is 1. The molecule has 0 radical (unpaired) electrons. The van der Waals surface area contributed by atoms with E-state index in [0.29, 0.717) is 26.9 Å². The number of imide groups is 1. The van der Waals surface area contributed by atoms with Gasteiger partial charge in [0.15, 0.2) is 0 Å². The first-order valence-electron chi connectivity index (χ1n) is 12.5. The van der Waals surface area contributed by atoms with Gasteiger partial charge in [0.25, 0.3) is 0 Å². The zero-order valence-electron chi connectivity index (χ0n) is 21.4. The Kier molecular flexibility index (Phi) is 6.96. The Balaban J connectivity index is 1.43. The number of methoxy groups -OCH3 is 1. The van der Waals surface area contributed by atoms with Gasteiger partial charge in [0.2, 0.25) is 17.7 Å². The Morgan fingerprint density at radius 3 is 2.27 bits per heavy atom. The maximum absolute atomic E-state index is 13.9. The second kappa shape index (κ2) is 10.6. The molecule has 3 atom stereocenters. The number of fused-ring (bicyclic) bond motifs is 2. The Morgan fingerprint density at radius 2 is 1.59 bits per heavy atom. The van der Waals surface area contributed by atoms with Crippen LogP contribution < -0.4 is 19.8 Å². The van der Waals surface area contributed by atoms with E-state index in [2.05, 4.69) is 5.32 Å². The van der Waals surface area contributed by atoms with Gasteiger partial charge >= 0.3 is 4.87 Å². The van der Waals surface area contributed by atoms with Crippen LogP contribution in [0.5, 0.6) is 5.75 Å². The largest absolute Gasteiger partial charge is 0.496 e. The minimum atomic E-state index is -0.907. The van der Waals surface area contributed by atoms with Gasteiger partial charge in [0, 0.05) is 22.0 Å². The molecule has 12 heteroatoms. The van der Waals surface area contributed by atoms with Crippen LogP contribution in [0.25, 0.3) is 0 Å². The van der Waals surface area contributed by atoms with Crippen LogP contribution in [0.4, 0.5) is 20.2 Å². The van der Waals surface area contributed by atoms with Gasteiger partial charge < -0.3 is 10.1 Å². The third-order valence-corrected chi connectivity index (χ3v) is 9.64. The number of nitrogens with zero attached hydrogens (tertiary/aromatic N) is 2. The summed E-state index contributed by atoms with van der Waals surface area (Å²) in [6, 6.07) is 17.4. The van der Waals surface area contributed by atoms with Crippen molar-refractivity contribution in [3.8, 4) is 5.75 Å². The van der Waals surface area contributed by atoms with Crippen LogP contribution in [0.2, 0.25) is 0 Å². The Hall–Kier alpha value is -4.29. The number of amides is 3. The predicted octanol–water partition coefficient (Wildman–Crippen LogP) is 4.63. The van der Waals surface area contributed by atoms with Crippen molar-refractivity contribution in [3.63, 3.8) is 0 Å². The summed E-state index contributed by atoms with van der Waals surface area (Å²) in [5.74, 6) is -3.55. The van der Waals surface area contributed by atoms with Crippen molar-refractivity contribution in [2.75, 3.05) is 17.3 Å². The summed E-state index contributed by atoms with van der Waals surface area (Å²) in [7, 11) is 1.49. The number of ether oxygens (including phenoxy) is 1. The smallest absolute Gasteiger partial charge is 0.308 e. The molecule has 41 heavy (non-hydrogen) atoms. The zero-order valence-corrected chi connectivity index (χ0v) is 23.0. The van der Waals surface area contributed by atoms with Crippen molar-refractivity contribution in [3.05, 3.63) is 105 Å². The number of carbonyl (C=O) groups is 3. The molecule has 1 saturated heterocycles. The van der Waals surface area contributed by atoms with E-state index < -0.39 is 51.3 Å². The van der Waals surface area contributed by atoms with Crippen LogP contribution in [0.1, 0.15) is 16.4 Å². The molecule has 1 aromatic heterocycles. The van der Waals surface area contributed by atoms with Gasteiger partial charge in [-0.3, -0.25) is 23.7 Å². The molecule has 3 unspecified atom stereocenters. The molecule has 0 bridgehead atoms. The molecular weight excluding hydrogens is 572 g/mol. The third-order valence-electron chi connectivity index (χ3n) is 7.04. The van der Waals surface area contributed by atoms with Crippen LogP contribution in [-0.2, 0) is 20.9 Å². The van der Waals surface area contributed by atoms with E-state index in [9.17, 15) is 28.0 Å². The molecule has 1 fully saturated rings. The molecule has 3 heterocycles. The number of carbonyl (C=O) groups excluding carboxylic acids is 3. The molecule has 0 aliphatic carbocycles. The number of halogens is 2. The van der Waals surface area contributed by atoms with Gasteiger partial charge in [-0.25, -0.2) is 13.7 Å². The lowest BCUT2D eigenvalue weighted by Gasteiger charge is -2.31. The molecule has 1 N–H and O–H groups in total. The van der Waals surface area contributed by atoms with Gasteiger partial charge in [-0.15, -0.1) is 0 Å². The molecule has 2 aliphatic rings. The van der Waals surface area contributed by atoms with E-state index in [0.717, 1.165) is 28.0 Å². The number of thioether (sulfide) groups is 1. The number of hydrogen-bond acceptors (Lipinski definition) is 7. The zero-order chi connectivity index (χ0) is 28.8. The highest BCUT2D eigenvalue weighted by atomic mass is 32.2. The maximum atomic E-state index is 13.9. The van der Waals surface area contributed by atoms with Crippen molar-refractivity contribution < 1.29 is 27.9 Å². The van der Waals surface area contributed by atoms with Crippen molar-refractivity contribution in [1.82, 2.24) is 4.57 Å². The third kappa shape index (κ3) is 4.72. The fraction of sp³-hybridized carbons (Fsp3) is 0.172. The summed E-state index contributed by atoms with van der Waals surface area (Å²) in [5, 5.41) is 2.15. The minimum Gasteiger partial charge on any atom is -0.496 e. The normalized spacial score (nSPS) is 19.6. The number of rotatable bonds is 6. The number of nitrogens with one attached hydrogen (secondary N) is 1. The highest BCUT2D eigenvalue weighted by Gasteiger charge is 2.57. The first-order valence-corrected chi connectivity index (χ1v) is 14.2. The molecule has 3 aromatic carbocycles. The molecule has 4 aromatic rings. The molecule has 0 spiro atoms. The second-order valence-electron chi connectivity index (χ2n) is 9.45. The fourth-order valence-electron chi connectivity index (χ4n) is 5.24. The van der Waals surface area contributed by atoms with E-state index in [1.165, 1.54) is 60.2 Å². The van der Waals surface area contributed by atoms with E-state index in [1.54, 1.807) is 24.3 Å². The minimum absolute atomic E-state index is 0.245. The van der Waals surface area contributed by atoms with Crippen LogP contribution >= 0.6 is 23.1 Å². The van der Waals surface area contributed by atoms with E-state index in [1.807, 2.05) is 0 Å². The van der Waals surface area contributed by atoms with Crippen LogP contribution in [0, 0.1) is 17.6 Å². The molecule has 208 valence electrons. The molecule has 8 nitrogen and oxygen atoms in total. The summed E-state index contributed by atoms with van der Waals surface area (Å²) in [6.45, 7) is -0.352. The Morgan fingerprint density at radius 1 is 0.927 bits per heavy atom. The summed E-state index contributed by atoms with van der Waals surface area (Å²) >= 11 is 1.98. The molecule has 3 amide bonds. The fourth-order valence-corrected chi connectivity index (χ4v) is 8.00. The predicted molar refractivity (Wildman–Crippen MR) is 150 cm³/mol. The van der Waals surface area contributed by atoms with Gasteiger partial charge in [-0.1, -0.05) is 41.3 Å². The monoisotopic (exact) mass is 593 g/mol. The number of benzene rings is 3. The Labute approximate surface area is 240 Å². The summed E-state index contributed by atoms with van der Waals surface area (Å²) in [5.41, 5.74) is 1.23. The number of aromatic nitrogens is 1. The summed E-state index contributed by atoms with van der Waals surface area (Å²) in [6.07, 6.45) is 0. The average molecular weight is 594 g/mol. The highest BCUT2D eigenvalue weighted by molar-refractivity contribution is 8.00. The summed E-state index contributed by atoms with van der Waals surface area (Å²) < 4.78 is 33.8. The average Bonchev–Trinajstić information content (AvgIpc) is 3.41. The molecule has 0 saturated carbocycles. The van der Waals surface area contributed by atoms with Gasteiger partial charge in [0.05, 0.1) is 23.7 Å². The highest BCUT2D eigenvalue weighted by Crippen LogP contribution is 2.55. The molecule has 6 rings (SSSR count). The standard InChI is InChI=1S/C29H21F2N3O5S2/c1-39-20-5-3-2-4-19(20)22-23-24(27(37)34(26(23)36)18-12-8-16(31)9-13-18)40-28-25(22)41-29(38)33(28)14-21(35)32-17-10-6-15(30)7-11-17/h2-13,22-24H,14H2,1H3,(H,32,35). The first kappa shape index (κ1) is 26.9. The molecular formula is C29H21F2N3O5S2. The van der Waals surface area contributed by atoms with Gasteiger partial charge in [-0.05, 0) is 54.6 Å². The summed E-state index contributed by atoms with van der Waals surface area (Å²) in [4.78, 5) is 55.0. The lowest BCUT2D eigenvalue weighted by Crippen LogP contribution is -2.33. The lowest BCUT2D eigenvalue weighted by atomic mass is 9.82. The van der Waals surface area contributed by atoms with Crippen molar-refractivity contribution in [1.29, 1.82) is 0 Å². The van der Waals surface area contributed by atoms with Crippen molar-refractivity contribution >= 4 is 52.2 Å². The van der Waals surface area contributed by atoms with Crippen molar-refractivity contribution in [2.45, 2.75) is 22.7 Å². The van der Waals surface area contributed by atoms with Crippen molar-refractivity contribution in [2.24, 2.45) is 5.92 Å². The SMILES string of the molecule is COc1ccccc1C1c2sc(=O)n(CC(=O)Nc3ccc(F)cc3)c2SC2C(=O)N(c3ccc(F)cc3)C(=O)C21. The van der Waals surface area contributed by atoms with E-state index in [-0.39, 0.29) is 12.2 Å². The number of para-hydroxylation sites is 1. The van der Waals surface area contributed by atoms with Gasteiger partial charge in [0.1, 0.15) is 29.2 Å². The quantitative estimate of drug-likeness (QED) is 0.328. The van der Waals surface area contributed by atoms with Crippen LogP contribution in [0.3, 0.4) is 0 Å². The van der Waals surface area contributed by atoms with Crippen LogP contribution in [0.15, 0.2) is 82.6 Å². The number of anilines is 2. The first-order chi connectivity index (χ1) is 19.8. The lowest BCUT2D eigenvalue weighted by molar-refractivity contribution is -0.122. The molecule has 2 aliphatic heterocycles. The topological polar surface area (TPSA) is 97.7 Å². The van der Waals surface area contributed by atoms with E-state index in [4.69, 9.17) is 4.74 Å². The van der Waals surface area contributed by atoms with Crippen LogP contribution in [-0.4, -0.2) is 34.6 Å². The Bertz CT molecular complexity index is 1740. The van der Waals surface area contributed by atoms with Gasteiger partial charge in [-0.2, -0.15) is 0 Å². The second-order valence-corrected chi connectivity index (χ2v) is 11.6. The maximum Gasteiger partial charge on any atom is 0.308 e. The number of thiazole rings is 1.